The molecule has 0 bridgehead atoms. The van der Waals surface area contributed by atoms with Gasteiger partial charge in [-0.3, -0.25) is 9.80 Å². The van der Waals surface area contributed by atoms with E-state index >= 15 is 0 Å². The molecule has 0 N–H and O–H groups in total. The van der Waals surface area contributed by atoms with E-state index < -0.39 is 0 Å². The van der Waals surface area contributed by atoms with Crippen molar-refractivity contribution in [1.29, 1.82) is 0 Å². The van der Waals surface area contributed by atoms with Crippen molar-refractivity contribution in [3.8, 4) is 5.69 Å². The van der Waals surface area contributed by atoms with E-state index in [2.05, 4.69) is 50.2 Å². The van der Waals surface area contributed by atoms with Crippen molar-refractivity contribution in [2.75, 3.05) is 26.2 Å². The van der Waals surface area contributed by atoms with Crippen molar-refractivity contribution in [2.24, 2.45) is 0 Å². The summed E-state index contributed by atoms with van der Waals surface area (Å²) in [4.78, 5) is 8.95. The number of benzene rings is 1. The molecule has 0 saturated carbocycles. The van der Waals surface area contributed by atoms with Gasteiger partial charge in [-0.05, 0) is 24.1 Å². The Morgan fingerprint density at radius 2 is 1.84 bits per heavy atom. The summed E-state index contributed by atoms with van der Waals surface area (Å²) >= 11 is 0. The first-order chi connectivity index (χ1) is 12.3. The Hall–Kier alpha value is -2.51. The van der Waals surface area contributed by atoms with Crippen molar-refractivity contribution >= 4 is 0 Å². The van der Waals surface area contributed by atoms with Gasteiger partial charge in [0.25, 0.3) is 0 Å². The van der Waals surface area contributed by atoms with Crippen LogP contribution in [0, 0.1) is 6.92 Å². The zero-order valence-corrected chi connectivity index (χ0v) is 14.4. The lowest BCUT2D eigenvalue weighted by atomic mass is 10.1. The van der Waals surface area contributed by atoms with Crippen LogP contribution in [0.3, 0.4) is 0 Å². The molecule has 0 spiro atoms. The van der Waals surface area contributed by atoms with Crippen LogP contribution in [-0.4, -0.2) is 55.9 Å². The minimum Gasteiger partial charge on any atom is -0.364 e. The summed E-state index contributed by atoms with van der Waals surface area (Å²) < 4.78 is 6.71. The number of nitrogens with zero attached hydrogens (tertiary/aromatic N) is 6. The molecule has 0 atom stereocenters. The highest BCUT2D eigenvalue weighted by Crippen LogP contribution is 2.17. The molecule has 3 aromatic rings. The van der Waals surface area contributed by atoms with E-state index in [9.17, 15) is 0 Å². The predicted molar refractivity (Wildman–Crippen MR) is 93.2 cm³/mol. The Labute approximate surface area is 146 Å². The first kappa shape index (κ1) is 16.0. The van der Waals surface area contributed by atoms with Crippen LogP contribution < -0.4 is 0 Å². The van der Waals surface area contributed by atoms with Gasteiger partial charge in [0.05, 0.1) is 11.4 Å². The van der Waals surface area contributed by atoms with E-state index in [0.717, 1.165) is 50.6 Å². The van der Waals surface area contributed by atoms with E-state index in [1.54, 1.807) is 18.9 Å². The van der Waals surface area contributed by atoms with Crippen LogP contribution in [-0.2, 0) is 13.1 Å². The molecule has 7 heteroatoms. The second kappa shape index (κ2) is 7.16. The van der Waals surface area contributed by atoms with Gasteiger partial charge in [-0.25, -0.2) is 9.67 Å². The fraction of sp³-hybridized carbons (Fsp3) is 0.389. The molecule has 1 aromatic carbocycles. The van der Waals surface area contributed by atoms with Gasteiger partial charge in [-0.1, -0.05) is 17.3 Å². The van der Waals surface area contributed by atoms with Crippen LogP contribution in [0.1, 0.15) is 16.8 Å². The standard InChI is InChI=1S/C18H22N6O/c1-15-10-16(2-3-18(15)24-14-19-13-20-24)11-22-5-7-23(8-6-22)12-17-4-9-25-21-17/h2-4,9-10,13-14H,5-8,11-12H2,1H3. The van der Waals surface area contributed by atoms with Crippen LogP contribution in [0.5, 0.6) is 0 Å². The van der Waals surface area contributed by atoms with Gasteiger partial charge >= 0.3 is 0 Å². The first-order valence-electron chi connectivity index (χ1n) is 8.56. The second-order valence-corrected chi connectivity index (χ2v) is 6.50. The Kier molecular flexibility index (Phi) is 4.58. The van der Waals surface area contributed by atoms with Gasteiger partial charge in [0.2, 0.25) is 0 Å². The summed E-state index contributed by atoms with van der Waals surface area (Å²) in [6, 6.07) is 8.50. The van der Waals surface area contributed by atoms with Crippen molar-refractivity contribution in [2.45, 2.75) is 20.0 Å². The minimum absolute atomic E-state index is 0.871. The number of piperazine rings is 1. The third-order valence-electron chi connectivity index (χ3n) is 4.67. The summed E-state index contributed by atoms with van der Waals surface area (Å²) in [5.41, 5.74) is 4.64. The molecule has 4 rings (SSSR count). The summed E-state index contributed by atoms with van der Waals surface area (Å²) in [5.74, 6) is 0. The minimum atomic E-state index is 0.871. The van der Waals surface area contributed by atoms with E-state index in [1.165, 1.54) is 11.1 Å². The molecule has 130 valence electrons. The third-order valence-corrected chi connectivity index (χ3v) is 4.67. The maximum absolute atomic E-state index is 4.91. The zero-order chi connectivity index (χ0) is 17.1. The number of aromatic nitrogens is 4. The van der Waals surface area contributed by atoms with Crippen molar-refractivity contribution in [3.05, 3.63) is 60.0 Å². The molecular weight excluding hydrogens is 316 g/mol. The Bertz CT molecular complexity index is 791. The van der Waals surface area contributed by atoms with E-state index in [-0.39, 0.29) is 0 Å². The summed E-state index contributed by atoms with van der Waals surface area (Å²) in [5, 5.41) is 8.20. The number of aryl methyl sites for hydroxylation is 1. The molecule has 0 radical (unpaired) electrons. The summed E-state index contributed by atoms with van der Waals surface area (Å²) in [6.07, 6.45) is 4.93. The zero-order valence-electron chi connectivity index (χ0n) is 14.4. The van der Waals surface area contributed by atoms with Crippen molar-refractivity contribution in [3.63, 3.8) is 0 Å². The average molecular weight is 338 g/mol. The maximum atomic E-state index is 4.91. The second-order valence-electron chi connectivity index (χ2n) is 6.50. The smallest absolute Gasteiger partial charge is 0.138 e. The van der Waals surface area contributed by atoms with Crippen LogP contribution in [0.2, 0.25) is 0 Å². The van der Waals surface area contributed by atoms with Crippen LogP contribution in [0.4, 0.5) is 0 Å². The highest BCUT2D eigenvalue weighted by Gasteiger charge is 2.18. The molecular formula is C18H22N6O. The molecule has 1 aliphatic rings. The third kappa shape index (κ3) is 3.78. The molecule has 0 aliphatic carbocycles. The maximum Gasteiger partial charge on any atom is 0.138 e. The SMILES string of the molecule is Cc1cc(CN2CCN(Cc3ccon3)CC2)ccc1-n1cncn1. The topological polar surface area (TPSA) is 63.2 Å². The van der Waals surface area contributed by atoms with Gasteiger partial charge in [-0.2, -0.15) is 5.10 Å². The number of hydrogen-bond donors (Lipinski definition) is 0. The van der Waals surface area contributed by atoms with Crippen LogP contribution in [0.25, 0.3) is 5.69 Å². The molecule has 3 heterocycles. The monoisotopic (exact) mass is 338 g/mol. The molecule has 0 amide bonds. The lowest BCUT2D eigenvalue weighted by Gasteiger charge is -2.34. The largest absolute Gasteiger partial charge is 0.364 e. The molecule has 1 saturated heterocycles. The average Bonchev–Trinajstić information content (AvgIpc) is 3.31. The fourth-order valence-corrected chi connectivity index (χ4v) is 3.32. The molecule has 0 unspecified atom stereocenters. The quantitative estimate of drug-likeness (QED) is 0.708. The molecule has 1 fully saturated rings. The number of hydrogen-bond acceptors (Lipinski definition) is 6. The van der Waals surface area contributed by atoms with Gasteiger partial charge in [0.1, 0.15) is 18.9 Å². The van der Waals surface area contributed by atoms with Gasteiger partial charge in [-0.15, -0.1) is 0 Å². The lowest BCUT2D eigenvalue weighted by Crippen LogP contribution is -2.45. The van der Waals surface area contributed by atoms with Crippen molar-refractivity contribution in [1.82, 2.24) is 29.7 Å². The van der Waals surface area contributed by atoms with E-state index in [1.807, 2.05) is 10.7 Å². The molecule has 1 aliphatic heterocycles. The highest BCUT2D eigenvalue weighted by molar-refractivity contribution is 5.41. The summed E-state index contributed by atoms with van der Waals surface area (Å²) in [6.45, 7) is 8.23. The van der Waals surface area contributed by atoms with Crippen LogP contribution in [0.15, 0.2) is 47.7 Å². The van der Waals surface area contributed by atoms with Gasteiger partial charge < -0.3 is 4.52 Å². The van der Waals surface area contributed by atoms with Crippen LogP contribution >= 0.6 is 0 Å². The van der Waals surface area contributed by atoms with Gasteiger partial charge in [0.15, 0.2) is 0 Å². The molecule has 2 aromatic heterocycles. The predicted octanol–water partition coefficient (Wildman–Crippen LogP) is 1.88. The lowest BCUT2D eigenvalue weighted by molar-refractivity contribution is 0.120. The normalized spacial score (nSPS) is 16.4. The Morgan fingerprint density at radius 1 is 1.04 bits per heavy atom. The van der Waals surface area contributed by atoms with Crippen molar-refractivity contribution < 1.29 is 4.52 Å². The van der Waals surface area contributed by atoms with E-state index in [0.29, 0.717) is 0 Å². The molecule has 7 nitrogen and oxygen atoms in total. The highest BCUT2D eigenvalue weighted by atomic mass is 16.5. The van der Waals surface area contributed by atoms with Gasteiger partial charge in [0, 0.05) is 45.3 Å². The fourth-order valence-electron chi connectivity index (χ4n) is 3.32. The molecule has 25 heavy (non-hydrogen) atoms. The Morgan fingerprint density at radius 3 is 2.48 bits per heavy atom. The van der Waals surface area contributed by atoms with E-state index in [4.69, 9.17) is 4.52 Å². The summed E-state index contributed by atoms with van der Waals surface area (Å²) in [7, 11) is 0. The first-order valence-corrected chi connectivity index (χ1v) is 8.56. The Balaban J connectivity index is 1.33. The number of rotatable bonds is 5.